The number of H-pyrrole nitrogens is 1. The number of benzene rings is 6. The molecule has 0 spiro atoms. The molecule has 8 rings (SSSR count). The SMILES string of the molecule is c1ccc(-n2c3ccccc3c3ccc(-c4cccc5[nH]c6ccc7ccccc7c6c45)cc32)cc1. The summed E-state index contributed by atoms with van der Waals surface area (Å²) in [5.41, 5.74) is 8.45. The van der Waals surface area contributed by atoms with Gasteiger partial charge in [-0.15, -0.1) is 0 Å². The van der Waals surface area contributed by atoms with Gasteiger partial charge in [0.2, 0.25) is 0 Å². The molecular formula is C34H22N2. The molecule has 0 saturated carbocycles. The number of nitrogens with zero attached hydrogens (tertiary/aromatic N) is 1. The van der Waals surface area contributed by atoms with Gasteiger partial charge in [0.25, 0.3) is 0 Å². The average molecular weight is 459 g/mol. The van der Waals surface area contributed by atoms with Crippen molar-refractivity contribution in [2.24, 2.45) is 0 Å². The van der Waals surface area contributed by atoms with Crippen molar-refractivity contribution in [1.82, 2.24) is 9.55 Å². The summed E-state index contributed by atoms with van der Waals surface area (Å²) in [7, 11) is 0. The highest BCUT2D eigenvalue weighted by Gasteiger charge is 2.16. The fourth-order valence-electron chi connectivity index (χ4n) is 5.95. The van der Waals surface area contributed by atoms with Crippen LogP contribution in [0.1, 0.15) is 0 Å². The second-order valence-electron chi connectivity index (χ2n) is 9.48. The van der Waals surface area contributed by atoms with Crippen LogP contribution >= 0.6 is 0 Å². The minimum Gasteiger partial charge on any atom is -0.354 e. The van der Waals surface area contributed by atoms with E-state index in [1.165, 1.54) is 71.2 Å². The smallest absolute Gasteiger partial charge is 0.0547 e. The first kappa shape index (κ1) is 19.5. The van der Waals surface area contributed by atoms with E-state index in [0.717, 1.165) is 0 Å². The second kappa shape index (κ2) is 7.34. The van der Waals surface area contributed by atoms with Crippen molar-refractivity contribution in [2.45, 2.75) is 0 Å². The van der Waals surface area contributed by atoms with Gasteiger partial charge in [-0.1, -0.05) is 91.0 Å². The topological polar surface area (TPSA) is 20.7 Å². The van der Waals surface area contributed by atoms with Gasteiger partial charge in [-0.3, -0.25) is 0 Å². The monoisotopic (exact) mass is 458 g/mol. The molecule has 1 N–H and O–H groups in total. The fourth-order valence-corrected chi connectivity index (χ4v) is 5.95. The van der Waals surface area contributed by atoms with Crippen molar-refractivity contribution < 1.29 is 0 Å². The quantitative estimate of drug-likeness (QED) is 0.266. The van der Waals surface area contributed by atoms with Crippen LogP contribution < -0.4 is 0 Å². The van der Waals surface area contributed by atoms with Crippen LogP contribution in [-0.2, 0) is 0 Å². The lowest BCUT2D eigenvalue weighted by Crippen LogP contribution is -1.93. The van der Waals surface area contributed by atoms with Gasteiger partial charge in [-0.25, -0.2) is 0 Å². The van der Waals surface area contributed by atoms with Gasteiger partial charge < -0.3 is 9.55 Å². The first-order valence-electron chi connectivity index (χ1n) is 12.4. The van der Waals surface area contributed by atoms with E-state index >= 15 is 0 Å². The molecule has 0 saturated heterocycles. The number of hydrogen-bond acceptors (Lipinski definition) is 0. The van der Waals surface area contributed by atoms with Gasteiger partial charge in [-0.05, 0) is 58.3 Å². The van der Waals surface area contributed by atoms with Crippen LogP contribution in [0, 0.1) is 0 Å². The fraction of sp³-hybridized carbons (Fsp3) is 0. The maximum absolute atomic E-state index is 3.67. The molecule has 8 aromatic rings. The first-order valence-corrected chi connectivity index (χ1v) is 12.4. The lowest BCUT2D eigenvalue weighted by molar-refractivity contribution is 1.18. The Kier molecular flexibility index (Phi) is 3.97. The molecule has 0 radical (unpaired) electrons. The molecule has 0 unspecified atom stereocenters. The van der Waals surface area contributed by atoms with Gasteiger partial charge in [-0.2, -0.15) is 0 Å². The highest BCUT2D eigenvalue weighted by Crippen LogP contribution is 2.40. The Balaban J connectivity index is 1.49. The molecule has 0 bridgehead atoms. The van der Waals surface area contributed by atoms with Crippen molar-refractivity contribution in [3.8, 4) is 16.8 Å². The van der Waals surface area contributed by atoms with E-state index in [-0.39, 0.29) is 0 Å². The summed E-state index contributed by atoms with van der Waals surface area (Å²) in [5, 5.41) is 7.68. The zero-order valence-electron chi connectivity index (χ0n) is 19.6. The Morgan fingerprint density at radius 1 is 0.472 bits per heavy atom. The van der Waals surface area contributed by atoms with Crippen LogP contribution in [0.15, 0.2) is 127 Å². The molecule has 168 valence electrons. The molecule has 36 heavy (non-hydrogen) atoms. The zero-order valence-corrected chi connectivity index (χ0v) is 19.6. The molecule has 0 atom stereocenters. The zero-order chi connectivity index (χ0) is 23.6. The Morgan fingerprint density at radius 3 is 2.14 bits per heavy atom. The molecule has 0 aliphatic carbocycles. The normalized spacial score (nSPS) is 11.9. The predicted octanol–water partition coefficient (Wildman–Crippen LogP) is 9.24. The largest absolute Gasteiger partial charge is 0.354 e. The Bertz CT molecular complexity index is 2090. The summed E-state index contributed by atoms with van der Waals surface area (Å²) in [4.78, 5) is 3.67. The lowest BCUT2D eigenvalue weighted by Gasteiger charge is -2.10. The highest BCUT2D eigenvalue weighted by molar-refractivity contribution is 6.24. The summed E-state index contributed by atoms with van der Waals surface area (Å²) in [6.07, 6.45) is 0. The second-order valence-corrected chi connectivity index (χ2v) is 9.48. The van der Waals surface area contributed by atoms with Crippen molar-refractivity contribution in [3.05, 3.63) is 127 Å². The molecule has 2 heterocycles. The van der Waals surface area contributed by atoms with E-state index in [1.807, 2.05) is 0 Å². The van der Waals surface area contributed by atoms with Crippen molar-refractivity contribution in [1.29, 1.82) is 0 Å². The Hall–Kier alpha value is -4.82. The number of nitrogens with one attached hydrogen (secondary N) is 1. The number of para-hydroxylation sites is 2. The van der Waals surface area contributed by atoms with Crippen LogP contribution in [0.5, 0.6) is 0 Å². The summed E-state index contributed by atoms with van der Waals surface area (Å²) in [6.45, 7) is 0. The molecule has 2 heteroatoms. The number of fused-ring (bicyclic) bond motifs is 8. The van der Waals surface area contributed by atoms with E-state index in [4.69, 9.17) is 0 Å². The van der Waals surface area contributed by atoms with E-state index in [1.54, 1.807) is 0 Å². The summed E-state index contributed by atoms with van der Waals surface area (Å²) in [5.74, 6) is 0. The maximum atomic E-state index is 3.67. The molecule has 0 amide bonds. The summed E-state index contributed by atoms with van der Waals surface area (Å²) >= 11 is 0. The predicted molar refractivity (Wildman–Crippen MR) is 153 cm³/mol. The molecule has 0 aliphatic rings. The van der Waals surface area contributed by atoms with Gasteiger partial charge in [0.15, 0.2) is 0 Å². The first-order chi connectivity index (χ1) is 17.9. The number of aromatic nitrogens is 2. The third-order valence-corrected chi connectivity index (χ3v) is 7.51. The van der Waals surface area contributed by atoms with Gasteiger partial charge in [0, 0.05) is 38.3 Å². The Labute approximate surface area is 208 Å². The van der Waals surface area contributed by atoms with Crippen LogP contribution in [0.25, 0.3) is 71.2 Å². The molecule has 0 fully saturated rings. The minimum atomic E-state index is 1.17. The minimum absolute atomic E-state index is 1.17. The molecule has 2 nitrogen and oxygen atoms in total. The van der Waals surface area contributed by atoms with Crippen LogP contribution in [-0.4, -0.2) is 9.55 Å². The van der Waals surface area contributed by atoms with Gasteiger partial charge >= 0.3 is 0 Å². The third-order valence-electron chi connectivity index (χ3n) is 7.51. The van der Waals surface area contributed by atoms with Crippen LogP contribution in [0.4, 0.5) is 0 Å². The molecular weight excluding hydrogens is 436 g/mol. The van der Waals surface area contributed by atoms with E-state index < -0.39 is 0 Å². The standard InChI is InChI=1S/C34H22N2/c1-2-10-24(11-3-1)36-31-16-7-6-13-27(31)28-19-17-23(21-32(28)36)26-14-8-15-29-34(26)33-25-12-5-4-9-22(25)18-20-30(33)35-29/h1-21,35H. The Morgan fingerprint density at radius 2 is 1.22 bits per heavy atom. The molecule has 0 aliphatic heterocycles. The maximum Gasteiger partial charge on any atom is 0.0547 e. The summed E-state index contributed by atoms with van der Waals surface area (Å²) in [6, 6.07) is 46.0. The van der Waals surface area contributed by atoms with Crippen LogP contribution in [0.2, 0.25) is 0 Å². The number of hydrogen-bond donors (Lipinski definition) is 1. The van der Waals surface area contributed by atoms with Crippen molar-refractivity contribution in [3.63, 3.8) is 0 Å². The van der Waals surface area contributed by atoms with Crippen molar-refractivity contribution in [2.75, 3.05) is 0 Å². The summed E-state index contributed by atoms with van der Waals surface area (Å²) < 4.78 is 2.39. The van der Waals surface area contributed by atoms with Gasteiger partial charge in [0.05, 0.1) is 11.0 Å². The van der Waals surface area contributed by atoms with Crippen molar-refractivity contribution >= 4 is 54.4 Å². The third kappa shape index (κ3) is 2.67. The highest BCUT2D eigenvalue weighted by atomic mass is 15.0. The number of rotatable bonds is 2. The van der Waals surface area contributed by atoms with E-state index in [2.05, 4.69) is 137 Å². The molecule has 6 aromatic carbocycles. The van der Waals surface area contributed by atoms with E-state index in [0.29, 0.717) is 0 Å². The van der Waals surface area contributed by atoms with E-state index in [9.17, 15) is 0 Å². The van der Waals surface area contributed by atoms with Gasteiger partial charge in [0.1, 0.15) is 0 Å². The lowest BCUT2D eigenvalue weighted by atomic mass is 9.96. The molecule has 2 aromatic heterocycles. The number of aromatic amines is 1. The van der Waals surface area contributed by atoms with Crippen LogP contribution in [0.3, 0.4) is 0 Å². The average Bonchev–Trinajstić information content (AvgIpc) is 3.49.